The van der Waals surface area contributed by atoms with E-state index < -0.39 is 0 Å². The molecular weight excluding hydrogens is 196 g/mol. The third kappa shape index (κ3) is 2.15. The molecule has 0 bridgehead atoms. The smallest absolute Gasteiger partial charge is 0.0965 e. The van der Waals surface area contributed by atoms with Crippen molar-refractivity contribution in [3.8, 4) is 6.07 Å². The zero-order chi connectivity index (χ0) is 11.5. The van der Waals surface area contributed by atoms with Crippen LogP contribution in [0.4, 0.5) is 0 Å². The minimum atomic E-state index is -0.364. The summed E-state index contributed by atoms with van der Waals surface area (Å²) in [5, 5.41) is 8.71. The monoisotopic (exact) mass is 212 g/mol. The minimum absolute atomic E-state index is 0.364. The molecule has 0 saturated heterocycles. The van der Waals surface area contributed by atoms with Gasteiger partial charge in [0.2, 0.25) is 0 Å². The fourth-order valence-electron chi connectivity index (χ4n) is 2.23. The molecule has 0 unspecified atom stereocenters. The van der Waals surface area contributed by atoms with Gasteiger partial charge in [0.05, 0.1) is 12.1 Å². The molecule has 16 heavy (non-hydrogen) atoms. The second-order valence-electron chi connectivity index (χ2n) is 4.39. The van der Waals surface area contributed by atoms with Gasteiger partial charge in [-0.15, -0.1) is 0 Å². The standard InChI is InChI=1S/C14H16N2/c1-10-3-2-4-12-6-5-11(8-14(10)12)7-13(16)9-15/h2-4,8,13H,5-7,16H2,1H3/t13-/m0/s1. The summed E-state index contributed by atoms with van der Waals surface area (Å²) in [6.07, 6.45) is 5.02. The summed E-state index contributed by atoms with van der Waals surface area (Å²) in [5.74, 6) is 0. The average molecular weight is 212 g/mol. The second-order valence-corrected chi connectivity index (χ2v) is 4.39. The van der Waals surface area contributed by atoms with Crippen LogP contribution in [0, 0.1) is 18.3 Å². The van der Waals surface area contributed by atoms with Crippen molar-refractivity contribution in [1.29, 1.82) is 5.26 Å². The predicted molar refractivity (Wildman–Crippen MR) is 65.7 cm³/mol. The highest BCUT2D eigenvalue weighted by Crippen LogP contribution is 2.28. The third-order valence-electron chi connectivity index (χ3n) is 3.13. The average Bonchev–Trinajstić information content (AvgIpc) is 2.30. The van der Waals surface area contributed by atoms with Crippen LogP contribution in [0.5, 0.6) is 0 Å². The van der Waals surface area contributed by atoms with Gasteiger partial charge in [0, 0.05) is 0 Å². The molecule has 1 aromatic rings. The molecule has 0 amide bonds. The topological polar surface area (TPSA) is 49.8 Å². The van der Waals surface area contributed by atoms with Crippen LogP contribution in [-0.4, -0.2) is 6.04 Å². The number of aryl methyl sites for hydroxylation is 2. The fourth-order valence-corrected chi connectivity index (χ4v) is 2.23. The van der Waals surface area contributed by atoms with Gasteiger partial charge in [0.15, 0.2) is 0 Å². The van der Waals surface area contributed by atoms with Gasteiger partial charge in [-0.3, -0.25) is 0 Å². The molecule has 1 atom stereocenters. The molecule has 1 aromatic carbocycles. The lowest BCUT2D eigenvalue weighted by molar-refractivity contribution is 0.763. The van der Waals surface area contributed by atoms with Gasteiger partial charge in [-0.1, -0.05) is 29.8 Å². The maximum absolute atomic E-state index is 8.71. The number of benzene rings is 1. The van der Waals surface area contributed by atoms with Gasteiger partial charge >= 0.3 is 0 Å². The van der Waals surface area contributed by atoms with Crippen molar-refractivity contribution in [2.45, 2.75) is 32.2 Å². The first-order valence-corrected chi connectivity index (χ1v) is 5.64. The zero-order valence-corrected chi connectivity index (χ0v) is 9.53. The van der Waals surface area contributed by atoms with Crippen LogP contribution in [0.1, 0.15) is 29.5 Å². The Kier molecular flexibility index (Phi) is 3.07. The highest BCUT2D eigenvalue weighted by atomic mass is 14.6. The van der Waals surface area contributed by atoms with Gasteiger partial charge < -0.3 is 5.73 Å². The summed E-state index contributed by atoms with van der Waals surface area (Å²) < 4.78 is 0. The summed E-state index contributed by atoms with van der Waals surface area (Å²) in [6, 6.07) is 8.14. The van der Waals surface area contributed by atoms with E-state index in [9.17, 15) is 0 Å². The molecule has 0 aliphatic heterocycles. The molecular formula is C14H16N2. The van der Waals surface area contributed by atoms with Gasteiger partial charge in [0.25, 0.3) is 0 Å². The summed E-state index contributed by atoms with van der Waals surface area (Å²) in [5.41, 5.74) is 11.0. The first-order valence-electron chi connectivity index (χ1n) is 5.64. The normalized spacial score (nSPS) is 15.9. The van der Waals surface area contributed by atoms with E-state index in [0.29, 0.717) is 6.42 Å². The number of hydrogen-bond donors (Lipinski definition) is 1. The highest BCUT2D eigenvalue weighted by Gasteiger charge is 2.13. The van der Waals surface area contributed by atoms with Crippen LogP contribution in [0.15, 0.2) is 23.8 Å². The van der Waals surface area contributed by atoms with E-state index in [0.717, 1.165) is 12.8 Å². The van der Waals surface area contributed by atoms with E-state index in [4.69, 9.17) is 11.0 Å². The lowest BCUT2D eigenvalue weighted by atomic mass is 9.87. The minimum Gasteiger partial charge on any atom is -0.316 e. The molecule has 82 valence electrons. The van der Waals surface area contributed by atoms with E-state index in [1.165, 1.54) is 22.3 Å². The number of rotatable bonds is 2. The predicted octanol–water partition coefficient (Wildman–Crippen LogP) is 2.57. The molecule has 0 spiro atoms. The zero-order valence-electron chi connectivity index (χ0n) is 9.53. The molecule has 1 aliphatic rings. The van der Waals surface area contributed by atoms with Gasteiger partial charge in [-0.2, -0.15) is 5.26 Å². The van der Waals surface area contributed by atoms with Crippen molar-refractivity contribution >= 4 is 6.08 Å². The Hall–Kier alpha value is -1.59. The van der Waals surface area contributed by atoms with Crippen LogP contribution in [-0.2, 0) is 6.42 Å². The van der Waals surface area contributed by atoms with E-state index in [1.54, 1.807) is 0 Å². The summed E-state index contributed by atoms with van der Waals surface area (Å²) >= 11 is 0. The van der Waals surface area contributed by atoms with E-state index in [1.807, 2.05) is 0 Å². The van der Waals surface area contributed by atoms with Gasteiger partial charge in [0.1, 0.15) is 0 Å². The van der Waals surface area contributed by atoms with Gasteiger partial charge in [-0.25, -0.2) is 0 Å². The van der Waals surface area contributed by atoms with Crippen LogP contribution < -0.4 is 5.73 Å². The van der Waals surface area contributed by atoms with Crippen LogP contribution in [0.3, 0.4) is 0 Å². The van der Waals surface area contributed by atoms with Crippen molar-refractivity contribution in [3.63, 3.8) is 0 Å². The maximum Gasteiger partial charge on any atom is 0.0965 e. The van der Waals surface area contributed by atoms with E-state index in [2.05, 4.69) is 37.3 Å². The van der Waals surface area contributed by atoms with E-state index >= 15 is 0 Å². The van der Waals surface area contributed by atoms with Crippen molar-refractivity contribution < 1.29 is 0 Å². The van der Waals surface area contributed by atoms with Gasteiger partial charge in [-0.05, 0) is 42.9 Å². The quantitative estimate of drug-likeness (QED) is 0.819. The van der Waals surface area contributed by atoms with Crippen LogP contribution in [0.2, 0.25) is 0 Å². The molecule has 0 saturated carbocycles. The maximum atomic E-state index is 8.71. The van der Waals surface area contributed by atoms with E-state index in [-0.39, 0.29) is 6.04 Å². The number of nitrogens with zero attached hydrogens (tertiary/aromatic N) is 1. The van der Waals surface area contributed by atoms with Crippen molar-refractivity contribution in [1.82, 2.24) is 0 Å². The summed E-state index contributed by atoms with van der Waals surface area (Å²) in [7, 11) is 0. The molecule has 2 rings (SSSR count). The Morgan fingerprint density at radius 3 is 3.00 bits per heavy atom. The largest absolute Gasteiger partial charge is 0.316 e. The molecule has 2 N–H and O–H groups in total. The van der Waals surface area contributed by atoms with Crippen molar-refractivity contribution in [2.24, 2.45) is 5.73 Å². The molecule has 2 heteroatoms. The Labute approximate surface area is 96.4 Å². The van der Waals surface area contributed by atoms with Crippen LogP contribution in [0.25, 0.3) is 6.08 Å². The number of hydrogen-bond acceptors (Lipinski definition) is 2. The Bertz CT molecular complexity index is 466. The Balaban J connectivity index is 2.28. The Morgan fingerprint density at radius 1 is 1.44 bits per heavy atom. The third-order valence-corrected chi connectivity index (χ3v) is 3.13. The molecule has 0 radical (unpaired) electrons. The number of nitriles is 1. The van der Waals surface area contributed by atoms with Crippen LogP contribution >= 0.6 is 0 Å². The lowest BCUT2D eigenvalue weighted by Crippen LogP contribution is -2.18. The Morgan fingerprint density at radius 2 is 2.25 bits per heavy atom. The molecule has 2 nitrogen and oxygen atoms in total. The number of fused-ring (bicyclic) bond motifs is 1. The molecule has 0 aromatic heterocycles. The SMILES string of the molecule is Cc1cccc2c1C=C(C[C@H](N)C#N)CC2. The molecule has 1 aliphatic carbocycles. The summed E-state index contributed by atoms with van der Waals surface area (Å²) in [6.45, 7) is 2.13. The van der Waals surface area contributed by atoms with Crippen molar-refractivity contribution in [2.75, 3.05) is 0 Å². The lowest BCUT2D eigenvalue weighted by Gasteiger charge is -2.18. The molecule has 0 heterocycles. The molecule has 0 fully saturated rings. The highest BCUT2D eigenvalue weighted by molar-refractivity contribution is 5.62. The number of nitrogens with two attached hydrogens (primary N) is 1. The fraction of sp³-hybridized carbons (Fsp3) is 0.357. The first-order chi connectivity index (χ1) is 7.70. The summed E-state index contributed by atoms with van der Waals surface area (Å²) in [4.78, 5) is 0. The van der Waals surface area contributed by atoms with Crippen molar-refractivity contribution in [3.05, 3.63) is 40.5 Å². The second kappa shape index (κ2) is 4.51. The first kappa shape index (κ1) is 10.9.